The summed E-state index contributed by atoms with van der Waals surface area (Å²) in [6.45, 7) is 0.961. The highest BCUT2D eigenvalue weighted by atomic mass is 14.9. The molecule has 1 unspecified atom stereocenters. The van der Waals surface area contributed by atoms with Crippen molar-refractivity contribution in [3.63, 3.8) is 0 Å². The van der Waals surface area contributed by atoms with Crippen molar-refractivity contribution in [3.05, 3.63) is 65.2 Å². The summed E-state index contributed by atoms with van der Waals surface area (Å²) in [5.41, 5.74) is 4.73. The molecule has 0 aromatic heterocycles. The zero-order valence-corrected chi connectivity index (χ0v) is 10.1. The second-order valence-corrected chi connectivity index (χ2v) is 4.67. The van der Waals surface area contributed by atoms with Crippen molar-refractivity contribution in [2.75, 3.05) is 11.9 Å². The van der Waals surface area contributed by atoms with Gasteiger partial charge in [-0.1, -0.05) is 24.3 Å². The first kappa shape index (κ1) is 10.9. The molecule has 2 aromatic rings. The Morgan fingerprint density at radius 2 is 1.89 bits per heavy atom. The second kappa shape index (κ2) is 4.54. The minimum absolute atomic E-state index is 0.622. The van der Waals surface area contributed by atoms with E-state index in [0.717, 1.165) is 12.2 Å². The van der Waals surface area contributed by atoms with E-state index in [2.05, 4.69) is 35.7 Å². The number of hydrogen-bond donors (Lipinski definition) is 1. The van der Waals surface area contributed by atoms with Gasteiger partial charge in [0.1, 0.15) is 0 Å². The number of rotatable bonds is 3. The summed E-state index contributed by atoms with van der Waals surface area (Å²) in [5, 5.41) is 12.2. The predicted molar refractivity (Wildman–Crippen MR) is 72.5 cm³/mol. The molecule has 2 nitrogen and oxygen atoms in total. The monoisotopic (exact) mass is 234 g/mol. The number of nitrogens with one attached hydrogen (secondary N) is 1. The van der Waals surface area contributed by atoms with Crippen molar-refractivity contribution in [2.24, 2.45) is 0 Å². The summed E-state index contributed by atoms with van der Waals surface area (Å²) in [4.78, 5) is 0. The Balaban J connectivity index is 1.61. The van der Waals surface area contributed by atoms with Crippen LogP contribution in [-0.4, -0.2) is 6.54 Å². The van der Waals surface area contributed by atoms with E-state index >= 15 is 0 Å². The molecule has 0 saturated heterocycles. The van der Waals surface area contributed by atoms with Crippen LogP contribution in [0.25, 0.3) is 0 Å². The third-order valence-corrected chi connectivity index (χ3v) is 3.53. The molecule has 0 fully saturated rings. The number of benzene rings is 2. The molecule has 2 heteroatoms. The maximum Gasteiger partial charge on any atom is 0.0991 e. The lowest BCUT2D eigenvalue weighted by Crippen LogP contribution is -2.24. The fourth-order valence-corrected chi connectivity index (χ4v) is 2.45. The normalized spacial score (nSPS) is 16.3. The molecule has 2 aromatic carbocycles. The molecular weight excluding hydrogens is 220 g/mol. The Morgan fingerprint density at radius 1 is 1.11 bits per heavy atom. The van der Waals surface area contributed by atoms with E-state index in [1.807, 2.05) is 24.3 Å². The number of fused-ring (bicyclic) bond motifs is 1. The van der Waals surface area contributed by atoms with Gasteiger partial charge in [0.25, 0.3) is 0 Å². The third kappa shape index (κ3) is 1.96. The van der Waals surface area contributed by atoms with Crippen LogP contribution in [0.3, 0.4) is 0 Å². The van der Waals surface area contributed by atoms with Crippen molar-refractivity contribution in [1.82, 2.24) is 0 Å². The summed E-state index contributed by atoms with van der Waals surface area (Å²) in [6.07, 6.45) is 1.17. The first-order valence-corrected chi connectivity index (χ1v) is 6.18. The number of hydrogen-bond acceptors (Lipinski definition) is 2. The summed E-state index contributed by atoms with van der Waals surface area (Å²) < 4.78 is 0. The molecule has 1 aliphatic carbocycles. The molecule has 1 N–H and O–H groups in total. The maximum atomic E-state index is 8.73. The van der Waals surface area contributed by atoms with Crippen molar-refractivity contribution < 1.29 is 0 Å². The summed E-state index contributed by atoms with van der Waals surface area (Å²) in [6, 6.07) is 18.4. The van der Waals surface area contributed by atoms with E-state index in [1.165, 1.54) is 17.5 Å². The molecule has 88 valence electrons. The highest BCUT2D eigenvalue weighted by Gasteiger charge is 2.24. The molecule has 0 bridgehead atoms. The van der Waals surface area contributed by atoms with Crippen LogP contribution < -0.4 is 5.32 Å². The zero-order chi connectivity index (χ0) is 12.4. The maximum absolute atomic E-state index is 8.73. The average Bonchev–Trinajstić information content (AvgIpc) is 2.40. The topological polar surface area (TPSA) is 35.8 Å². The molecule has 1 aliphatic rings. The molecular formula is C16H14N2. The highest BCUT2D eigenvalue weighted by Crippen LogP contribution is 2.34. The van der Waals surface area contributed by atoms with Crippen molar-refractivity contribution in [3.8, 4) is 6.07 Å². The van der Waals surface area contributed by atoms with Gasteiger partial charge in [0, 0.05) is 18.2 Å². The average molecular weight is 234 g/mol. The molecule has 0 heterocycles. The fraction of sp³-hybridized carbons (Fsp3) is 0.188. The van der Waals surface area contributed by atoms with Gasteiger partial charge in [0.15, 0.2) is 0 Å². The Kier molecular flexibility index (Phi) is 2.74. The van der Waals surface area contributed by atoms with Crippen LogP contribution in [0.1, 0.15) is 22.6 Å². The summed E-state index contributed by atoms with van der Waals surface area (Å²) in [5.74, 6) is 0.622. The van der Waals surface area contributed by atoms with Gasteiger partial charge < -0.3 is 5.32 Å². The quantitative estimate of drug-likeness (QED) is 0.884. The fourth-order valence-electron chi connectivity index (χ4n) is 2.45. The van der Waals surface area contributed by atoms with E-state index in [-0.39, 0.29) is 0 Å². The van der Waals surface area contributed by atoms with E-state index < -0.39 is 0 Å². The van der Waals surface area contributed by atoms with Crippen molar-refractivity contribution >= 4 is 5.69 Å². The highest BCUT2D eigenvalue weighted by molar-refractivity contribution is 5.49. The van der Waals surface area contributed by atoms with Gasteiger partial charge in [-0.05, 0) is 41.8 Å². The van der Waals surface area contributed by atoms with Crippen LogP contribution >= 0.6 is 0 Å². The number of anilines is 1. The molecule has 3 rings (SSSR count). The standard InChI is InChI=1S/C16H14N2/c17-10-12-5-7-15(8-6-12)18-11-14-9-13-3-1-2-4-16(13)14/h1-8,14,18H,9,11H2. The smallest absolute Gasteiger partial charge is 0.0991 e. The van der Waals surface area contributed by atoms with Gasteiger partial charge in [0.05, 0.1) is 11.6 Å². The van der Waals surface area contributed by atoms with Gasteiger partial charge in [-0.25, -0.2) is 0 Å². The summed E-state index contributed by atoms with van der Waals surface area (Å²) >= 11 is 0. The lowest BCUT2D eigenvalue weighted by Gasteiger charge is -2.30. The van der Waals surface area contributed by atoms with Crippen LogP contribution in [-0.2, 0) is 6.42 Å². The van der Waals surface area contributed by atoms with E-state index in [9.17, 15) is 0 Å². The molecule has 1 atom stereocenters. The van der Waals surface area contributed by atoms with Gasteiger partial charge in [-0.3, -0.25) is 0 Å². The molecule has 0 radical (unpaired) electrons. The van der Waals surface area contributed by atoms with Crippen LogP contribution in [0, 0.1) is 11.3 Å². The van der Waals surface area contributed by atoms with Crippen LogP contribution in [0.2, 0.25) is 0 Å². The van der Waals surface area contributed by atoms with Crippen LogP contribution in [0.5, 0.6) is 0 Å². The number of nitrogens with zero attached hydrogens (tertiary/aromatic N) is 1. The third-order valence-electron chi connectivity index (χ3n) is 3.53. The second-order valence-electron chi connectivity index (χ2n) is 4.67. The van der Waals surface area contributed by atoms with Crippen molar-refractivity contribution in [1.29, 1.82) is 5.26 Å². The number of nitriles is 1. The SMILES string of the molecule is N#Cc1ccc(NCC2Cc3ccccc32)cc1. The molecule has 0 amide bonds. The molecule has 0 saturated carbocycles. The zero-order valence-electron chi connectivity index (χ0n) is 10.1. The Labute approximate surface area is 107 Å². The van der Waals surface area contributed by atoms with E-state index in [1.54, 1.807) is 0 Å². The van der Waals surface area contributed by atoms with Crippen molar-refractivity contribution in [2.45, 2.75) is 12.3 Å². The van der Waals surface area contributed by atoms with Gasteiger partial charge in [-0.2, -0.15) is 5.26 Å². The molecule has 0 spiro atoms. The lowest BCUT2D eigenvalue weighted by atomic mass is 9.77. The molecule has 18 heavy (non-hydrogen) atoms. The van der Waals surface area contributed by atoms with E-state index in [4.69, 9.17) is 5.26 Å². The van der Waals surface area contributed by atoms with Gasteiger partial charge >= 0.3 is 0 Å². The minimum atomic E-state index is 0.622. The van der Waals surface area contributed by atoms with E-state index in [0.29, 0.717) is 11.5 Å². The first-order chi connectivity index (χ1) is 8.86. The predicted octanol–water partition coefficient (Wildman–Crippen LogP) is 3.31. The van der Waals surface area contributed by atoms with Crippen LogP contribution in [0.15, 0.2) is 48.5 Å². The minimum Gasteiger partial charge on any atom is -0.384 e. The van der Waals surface area contributed by atoms with Crippen LogP contribution in [0.4, 0.5) is 5.69 Å². The Hall–Kier alpha value is -2.27. The molecule has 0 aliphatic heterocycles. The Morgan fingerprint density at radius 3 is 2.61 bits per heavy atom. The summed E-state index contributed by atoms with van der Waals surface area (Å²) in [7, 11) is 0. The largest absolute Gasteiger partial charge is 0.384 e. The Bertz CT molecular complexity index is 593. The lowest BCUT2D eigenvalue weighted by molar-refractivity contribution is 0.636. The first-order valence-electron chi connectivity index (χ1n) is 6.18. The van der Waals surface area contributed by atoms with Gasteiger partial charge in [-0.15, -0.1) is 0 Å². The van der Waals surface area contributed by atoms with Gasteiger partial charge in [0.2, 0.25) is 0 Å².